The summed E-state index contributed by atoms with van der Waals surface area (Å²) in [4.78, 5) is 16.5. The molecule has 1 saturated heterocycles. The van der Waals surface area contributed by atoms with Crippen molar-refractivity contribution in [1.82, 2.24) is 19.9 Å². The standard InChI is InChI=1S/C24H36BrN7O/c1-3-32-13-7-10-19(32)16-27-23-29-22(26-15-17-8-5-4-6-9-17)30-24(31-23)28-18-11-12-21(33-2)20(25)14-18/h11-12,14,17,19H,3-10,13,15-16H2,1-2H3,(H3,26,27,28,29,30,31). The first-order valence-corrected chi connectivity index (χ1v) is 13.0. The molecule has 33 heavy (non-hydrogen) atoms. The average molecular weight is 519 g/mol. The van der Waals surface area contributed by atoms with Crippen LogP contribution in [0.1, 0.15) is 51.9 Å². The van der Waals surface area contributed by atoms with Crippen LogP contribution < -0.4 is 20.7 Å². The molecule has 1 aliphatic carbocycles. The lowest BCUT2D eigenvalue weighted by Gasteiger charge is -2.23. The lowest BCUT2D eigenvalue weighted by molar-refractivity contribution is 0.277. The number of anilines is 4. The summed E-state index contributed by atoms with van der Waals surface area (Å²) in [5, 5.41) is 10.3. The van der Waals surface area contributed by atoms with Gasteiger partial charge >= 0.3 is 0 Å². The lowest BCUT2D eigenvalue weighted by Crippen LogP contribution is -2.35. The van der Waals surface area contributed by atoms with Gasteiger partial charge in [-0.15, -0.1) is 0 Å². The summed E-state index contributed by atoms with van der Waals surface area (Å²) in [6.07, 6.45) is 9.03. The number of hydrogen-bond acceptors (Lipinski definition) is 8. The fourth-order valence-corrected chi connectivity index (χ4v) is 5.38. The van der Waals surface area contributed by atoms with Crippen LogP contribution in [0.2, 0.25) is 0 Å². The van der Waals surface area contributed by atoms with E-state index in [4.69, 9.17) is 4.74 Å². The second kappa shape index (κ2) is 11.8. The quantitative estimate of drug-likeness (QED) is 0.392. The first-order chi connectivity index (χ1) is 16.1. The number of rotatable bonds is 10. The van der Waals surface area contributed by atoms with E-state index < -0.39 is 0 Å². The molecular weight excluding hydrogens is 482 g/mol. The second-order valence-corrected chi connectivity index (χ2v) is 9.83. The molecule has 1 aromatic carbocycles. The van der Waals surface area contributed by atoms with Crippen molar-refractivity contribution >= 4 is 39.5 Å². The number of halogens is 1. The van der Waals surface area contributed by atoms with Crippen molar-refractivity contribution in [1.29, 1.82) is 0 Å². The first-order valence-electron chi connectivity index (χ1n) is 12.2. The highest BCUT2D eigenvalue weighted by Crippen LogP contribution is 2.29. The molecule has 8 nitrogen and oxygen atoms in total. The van der Waals surface area contributed by atoms with Crippen molar-refractivity contribution in [2.24, 2.45) is 5.92 Å². The Morgan fingerprint density at radius 1 is 0.970 bits per heavy atom. The van der Waals surface area contributed by atoms with Gasteiger partial charge in [0.2, 0.25) is 17.8 Å². The molecule has 2 heterocycles. The van der Waals surface area contributed by atoms with Crippen molar-refractivity contribution in [2.75, 3.05) is 49.2 Å². The predicted octanol–water partition coefficient (Wildman–Crippen LogP) is 5.27. The van der Waals surface area contributed by atoms with E-state index in [0.717, 1.165) is 35.5 Å². The fraction of sp³-hybridized carbons (Fsp3) is 0.625. The molecule has 180 valence electrons. The van der Waals surface area contributed by atoms with Gasteiger partial charge in [-0.05, 0) is 78.8 Å². The van der Waals surface area contributed by atoms with E-state index in [9.17, 15) is 0 Å². The summed E-state index contributed by atoms with van der Waals surface area (Å²) in [6, 6.07) is 6.35. The Morgan fingerprint density at radius 2 is 1.70 bits per heavy atom. The molecule has 1 atom stereocenters. The van der Waals surface area contributed by atoms with Crippen molar-refractivity contribution in [3.8, 4) is 5.75 Å². The highest BCUT2D eigenvalue weighted by molar-refractivity contribution is 9.10. The van der Waals surface area contributed by atoms with Crippen LogP contribution in [0.15, 0.2) is 22.7 Å². The Kier molecular flexibility index (Phi) is 8.61. The highest BCUT2D eigenvalue weighted by atomic mass is 79.9. The number of benzene rings is 1. The minimum atomic E-state index is 0.523. The second-order valence-electron chi connectivity index (χ2n) is 8.97. The minimum Gasteiger partial charge on any atom is -0.496 e. The third kappa shape index (κ3) is 6.69. The summed E-state index contributed by atoms with van der Waals surface area (Å²) >= 11 is 3.55. The molecule has 2 fully saturated rings. The molecule has 9 heteroatoms. The molecule has 0 spiro atoms. The third-order valence-corrected chi connectivity index (χ3v) is 7.34. The molecule has 1 aromatic heterocycles. The van der Waals surface area contributed by atoms with Crippen molar-refractivity contribution in [3.63, 3.8) is 0 Å². The van der Waals surface area contributed by atoms with E-state index in [1.807, 2.05) is 18.2 Å². The molecule has 1 unspecified atom stereocenters. The van der Waals surface area contributed by atoms with Gasteiger partial charge in [0.15, 0.2) is 0 Å². The first kappa shape index (κ1) is 24.0. The summed E-state index contributed by atoms with van der Waals surface area (Å²) in [6.45, 7) is 6.23. The molecule has 3 N–H and O–H groups in total. The van der Waals surface area contributed by atoms with Gasteiger partial charge in [0, 0.05) is 24.8 Å². The SMILES string of the molecule is CCN1CCCC1CNc1nc(NCC2CCCCC2)nc(Nc2ccc(OC)c(Br)c2)n1. The van der Waals surface area contributed by atoms with Gasteiger partial charge < -0.3 is 20.7 Å². The van der Waals surface area contributed by atoms with Gasteiger partial charge in [0.25, 0.3) is 0 Å². The topological polar surface area (TPSA) is 87.2 Å². The molecule has 0 bridgehead atoms. The van der Waals surface area contributed by atoms with E-state index >= 15 is 0 Å². The number of nitrogens with one attached hydrogen (secondary N) is 3. The van der Waals surface area contributed by atoms with Crippen LogP contribution in [0.5, 0.6) is 5.75 Å². The molecule has 4 rings (SSSR count). The monoisotopic (exact) mass is 517 g/mol. The molecular formula is C24H36BrN7O. The van der Waals surface area contributed by atoms with Crippen LogP contribution in [-0.4, -0.2) is 59.2 Å². The van der Waals surface area contributed by atoms with Gasteiger partial charge in [-0.1, -0.05) is 26.2 Å². The maximum Gasteiger partial charge on any atom is 0.233 e. The van der Waals surface area contributed by atoms with Crippen LogP contribution in [0, 0.1) is 5.92 Å². The smallest absolute Gasteiger partial charge is 0.233 e. The number of methoxy groups -OCH3 is 1. The molecule has 1 saturated carbocycles. The molecule has 2 aromatic rings. The number of ether oxygens (including phenoxy) is 1. The zero-order chi connectivity index (χ0) is 23.0. The predicted molar refractivity (Wildman–Crippen MR) is 138 cm³/mol. The third-order valence-electron chi connectivity index (χ3n) is 6.72. The molecule has 1 aliphatic heterocycles. The number of likely N-dealkylation sites (tertiary alicyclic amines) is 1. The van der Waals surface area contributed by atoms with Crippen molar-refractivity contribution < 1.29 is 4.74 Å². The molecule has 0 amide bonds. The van der Waals surface area contributed by atoms with E-state index in [2.05, 4.69) is 58.7 Å². The van der Waals surface area contributed by atoms with Gasteiger partial charge in [-0.2, -0.15) is 15.0 Å². The number of likely N-dealkylation sites (N-methyl/N-ethyl adjacent to an activating group) is 1. The van der Waals surface area contributed by atoms with Crippen LogP contribution >= 0.6 is 15.9 Å². The largest absolute Gasteiger partial charge is 0.496 e. The van der Waals surface area contributed by atoms with E-state index in [0.29, 0.717) is 29.8 Å². The molecule has 0 radical (unpaired) electrons. The zero-order valence-corrected chi connectivity index (χ0v) is 21.3. The fourth-order valence-electron chi connectivity index (χ4n) is 4.84. The summed E-state index contributed by atoms with van der Waals surface area (Å²) in [5.41, 5.74) is 0.881. The van der Waals surface area contributed by atoms with Crippen LogP contribution in [0.3, 0.4) is 0 Å². The van der Waals surface area contributed by atoms with Crippen LogP contribution in [0.4, 0.5) is 23.5 Å². The van der Waals surface area contributed by atoms with E-state index in [-0.39, 0.29) is 0 Å². The summed E-state index contributed by atoms with van der Waals surface area (Å²) in [7, 11) is 1.66. The summed E-state index contributed by atoms with van der Waals surface area (Å²) in [5.74, 6) is 3.22. The van der Waals surface area contributed by atoms with Crippen molar-refractivity contribution in [2.45, 2.75) is 57.9 Å². The van der Waals surface area contributed by atoms with Crippen molar-refractivity contribution in [3.05, 3.63) is 22.7 Å². The molecule has 2 aliphatic rings. The van der Waals surface area contributed by atoms with Crippen LogP contribution in [-0.2, 0) is 0 Å². The van der Waals surface area contributed by atoms with Gasteiger partial charge in [0.1, 0.15) is 5.75 Å². The lowest BCUT2D eigenvalue weighted by atomic mass is 9.89. The van der Waals surface area contributed by atoms with Gasteiger partial charge in [-0.3, -0.25) is 4.90 Å². The zero-order valence-electron chi connectivity index (χ0n) is 19.7. The average Bonchev–Trinajstić information content (AvgIpc) is 3.30. The maximum absolute atomic E-state index is 5.34. The van der Waals surface area contributed by atoms with Crippen LogP contribution in [0.25, 0.3) is 0 Å². The Labute approximate surface area is 205 Å². The van der Waals surface area contributed by atoms with Gasteiger partial charge in [-0.25, -0.2) is 0 Å². The Bertz CT molecular complexity index is 906. The van der Waals surface area contributed by atoms with E-state index in [1.165, 1.54) is 51.5 Å². The summed E-state index contributed by atoms with van der Waals surface area (Å²) < 4.78 is 6.21. The van der Waals surface area contributed by atoms with E-state index in [1.54, 1.807) is 7.11 Å². The number of nitrogens with zero attached hydrogens (tertiary/aromatic N) is 4. The van der Waals surface area contributed by atoms with Gasteiger partial charge in [0.05, 0.1) is 11.6 Å². The number of hydrogen-bond donors (Lipinski definition) is 3. The maximum atomic E-state index is 5.34. The highest BCUT2D eigenvalue weighted by Gasteiger charge is 2.23. The Morgan fingerprint density at radius 3 is 2.39 bits per heavy atom. The Balaban J connectivity index is 1.48. The number of aromatic nitrogens is 3. The Hall–Kier alpha value is -2.13. The normalized spacial score (nSPS) is 19.4. The minimum absolute atomic E-state index is 0.523.